The van der Waals surface area contributed by atoms with Crippen molar-refractivity contribution >= 4 is 44.9 Å². The van der Waals surface area contributed by atoms with Crippen LogP contribution in [-0.2, 0) is 0 Å². The first-order valence-corrected chi connectivity index (χ1v) is 7.93. The van der Waals surface area contributed by atoms with Crippen LogP contribution < -0.4 is 5.32 Å². The molecule has 0 radical (unpaired) electrons. The molecule has 3 aromatic carbocycles. The maximum absolute atomic E-state index is 12.6. The lowest BCUT2D eigenvalue weighted by Gasteiger charge is -2.09. The molecule has 0 bridgehead atoms. The van der Waals surface area contributed by atoms with Crippen LogP contribution in [0, 0.1) is 0 Å². The first-order chi connectivity index (χ1) is 11.7. The van der Waals surface area contributed by atoms with Gasteiger partial charge in [-0.1, -0.05) is 41.9 Å². The number of rotatable bonds is 2. The van der Waals surface area contributed by atoms with Gasteiger partial charge in [-0.15, -0.1) is 0 Å². The van der Waals surface area contributed by atoms with E-state index in [4.69, 9.17) is 11.6 Å². The Morgan fingerprint density at radius 3 is 2.62 bits per heavy atom. The highest BCUT2D eigenvalue weighted by atomic mass is 35.5. The molecule has 0 aliphatic heterocycles. The van der Waals surface area contributed by atoms with Gasteiger partial charge < -0.3 is 5.32 Å². The van der Waals surface area contributed by atoms with Crippen molar-refractivity contribution in [2.24, 2.45) is 0 Å². The Hall–Kier alpha value is -2.91. The molecule has 24 heavy (non-hydrogen) atoms. The Morgan fingerprint density at radius 1 is 0.917 bits per heavy atom. The molecule has 1 N–H and O–H groups in total. The molecule has 116 valence electrons. The molecule has 4 rings (SSSR count). The Bertz CT molecular complexity index is 1080. The van der Waals surface area contributed by atoms with Gasteiger partial charge in [0.2, 0.25) is 0 Å². The average molecular weight is 333 g/mol. The van der Waals surface area contributed by atoms with Crippen LogP contribution in [0.25, 0.3) is 21.7 Å². The number of fused-ring (bicyclic) bond motifs is 2. The molecule has 3 nitrogen and oxygen atoms in total. The van der Waals surface area contributed by atoms with Gasteiger partial charge in [0.05, 0.1) is 16.2 Å². The van der Waals surface area contributed by atoms with Gasteiger partial charge in [-0.05, 0) is 47.2 Å². The maximum atomic E-state index is 12.6. The lowest BCUT2D eigenvalue weighted by Crippen LogP contribution is -2.12. The summed E-state index contributed by atoms with van der Waals surface area (Å²) in [6.07, 6.45) is 1.68. The van der Waals surface area contributed by atoms with Crippen molar-refractivity contribution in [3.8, 4) is 0 Å². The lowest BCUT2D eigenvalue weighted by atomic mass is 10.1. The third-order valence-electron chi connectivity index (χ3n) is 3.98. The Kier molecular flexibility index (Phi) is 3.63. The van der Waals surface area contributed by atoms with Gasteiger partial charge in [0.15, 0.2) is 0 Å². The Morgan fingerprint density at radius 2 is 1.75 bits per heavy atom. The molecule has 0 unspecified atom stereocenters. The minimum atomic E-state index is -0.171. The normalized spacial score (nSPS) is 10.9. The van der Waals surface area contributed by atoms with Crippen LogP contribution in [0.15, 0.2) is 72.9 Å². The number of carbonyl (C=O) groups is 1. The topological polar surface area (TPSA) is 42.0 Å². The van der Waals surface area contributed by atoms with E-state index >= 15 is 0 Å². The van der Waals surface area contributed by atoms with Crippen LogP contribution in [0.5, 0.6) is 0 Å². The number of hydrogen-bond acceptors (Lipinski definition) is 2. The monoisotopic (exact) mass is 332 g/mol. The zero-order valence-electron chi connectivity index (χ0n) is 12.7. The Labute approximate surface area is 143 Å². The highest BCUT2D eigenvalue weighted by Gasteiger charge is 2.11. The van der Waals surface area contributed by atoms with Crippen LogP contribution in [0.3, 0.4) is 0 Å². The first kappa shape index (κ1) is 14.7. The van der Waals surface area contributed by atoms with Gasteiger partial charge in [0, 0.05) is 17.1 Å². The molecule has 4 heteroatoms. The number of nitrogens with zero attached hydrogens (tertiary/aromatic N) is 1. The zero-order valence-corrected chi connectivity index (χ0v) is 13.4. The molecule has 1 aromatic heterocycles. The van der Waals surface area contributed by atoms with Crippen molar-refractivity contribution in [3.63, 3.8) is 0 Å². The highest BCUT2D eigenvalue weighted by Crippen LogP contribution is 2.28. The van der Waals surface area contributed by atoms with E-state index in [9.17, 15) is 4.79 Å². The second-order valence-corrected chi connectivity index (χ2v) is 5.92. The molecule has 0 fully saturated rings. The second-order valence-electron chi connectivity index (χ2n) is 5.51. The smallest absolute Gasteiger partial charge is 0.255 e. The number of halogens is 1. The fraction of sp³-hybridized carbons (Fsp3) is 0. The van der Waals surface area contributed by atoms with E-state index in [0.29, 0.717) is 21.8 Å². The third-order valence-corrected chi connectivity index (χ3v) is 4.31. The molecule has 4 aromatic rings. The summed E-state index contributed by atoms with van der Waals surface area (Å²) in [6, 6.07) is 20.9. The molecule has 1 heterocycles. The van der Waals surface area contributed by atoms with E-state index in [1.807, 2.05) is 54.6 Å². The van der Waals surface area contributed by atoms with E-state index in [-0.39, 0.29) is 5.91 Å². The zero-order chi connectivity index (χ0) is 16.5. The molecule has 0 aliphatic rings. The predicted molar refractivity (Wildman–Crippen MR) is 98.7 cm³/mol. The van der Waals surface area contributed by atoms with Crippen LogP contribution in [0.2, 0.25) is 5.02 Å². The van der Waals surface area contributed by atoms with E-state index in [1.165, 1.54) is 0 Å². The second kappa shape index (κ2) is 5.95. The minimum Gasteiger partial charge on any atom is -0.320 e. The summed E-state index contributed by atoms with van der Waals surface area (Å²) < 4.78 is 0. The summed E-state index contributed by atoms with van der Waals surface area (Å²) in [6.45, 7) is 0. The fourth-order valence-electron chi connectivity index (χ4n) is 2.76. The Balaban J connectivity index is 1.72. The molecule has 0 atom stereocenters. The summed E-state index contributed by atoms with van der Waals surface area (Å²) in [5.41, 5.74) is 1.93. The lowest BCUT2D eigenvalue weighted by molar-refractivity contribution is 0.102. The molecule has 1 amide bonds. The minimum absolute atomic E-state index is 0.171. The van der Waals surface area contributed by atoms with Crippen molar-refractivity contribution in [1.82, 2.24) is 4.98 Å². The van der Waals surface area contributed by atoms with Crippen LogP contribution in [-0.4, -0.2) is 10.9 Å². The number of carbonyl (C=O) groups excluding carboxylic acids is 1. The van der Waals surface area contributed by atoms with Crippen molar-refractivity contribution < 1.29 is 4.79 Å². The summed E-state index contributed by atoms with van der Waals surface area (Å²) in [4.78, 5) is 17.0. The van der Waals surface area contributed by atoms with Gasteiger partial charge in [0.1, 0.15) is 0 Å². The maximum Gasteiger partial charge on any atom is 0.255 e. The predicted octanol–water partition coefficient (Wildman–Crippen LogP) is 5.29. The quantitative estimate of drug-likeness (QED) is 0.541. The number of benzene rings is 3. The number of nitrogens with one attached hydrogen (secondary N) is 1. The van der Waals surface area contributed by atoms with Gasteiger partial charge >= 0.3 is 0 Å². The number of amides is 1. The summed E-state index contributed by atoms with van der Waals surface area (Å²) in [7, 11) is 0. The van der Waals surface area contributed by atoms with E-state index in [1.54, 1.807) is 18.3 Å². The van der Waals surface area contributed by atoms with Crippen molar-refractivity contribution in [1.29, 1.82) is 0 Å². The number of anilines is 1. The summed E-state index contributed by atoms with van der Waals surface area (Å²) >= 11 is 6.20. The number of aromatic nitrogens is 1. The van der Waals surface area contributed by atoms with Crippen molar-refractivity contribution in [2.75, 3.05) is 5.32 Å². The van der Waals surface area contributed by atoms with Crippen LogP contribution in [0.4, 0.5) is 5.69 Å². The largest absolute Gasteiger partial charge is 0.320 e. The number of hydrogen-bond donors (Lipinski definition) is 1. The molecule has 0 saturated carbocycles. The summed E-state index contributed by atoms with van der Waals surface area (Å²) in [5, 5.41) is 6.50. The molecular weight excluding hydrogens is 320 g/mol. The van der Waals surface area contributed by atoms with Gasteiger partial charge in [-0.25, -0.2) is 0 Å². The van der Waals surface area contributed by atoms with E-state index < -0.39 is 0 Å². The number of pyridine rings is 1. The van der Waals surface area contributed by atoms with Crippen LogP contribution in [0.1, 0.15) is 10.4 Å². The SMILES string of the molecule is O=C(Nc1ccc(Cl)c2cccnc12)c1ccc2ccccc2c1. The van der Waals surface area contributed by atoms with Crippen molar-refractivity contribution in [2.45, 2.75) is 0 Å². The van der Waals surface area contributed by atoms with Gasteiger partial charge in [-0.2, -0.15) is 0 Å². The average Bonchev–Trinajstić information content (AvgIpc) is 2.64. The van der Waals surface area contributed by atoms with Gasteiger partial charge in [0.25, 0.3) is 5.91 Å². The standard InChI is InChI=1S/C20H13ClN2O/c21-17-9-10-18(19-16(17)6-3-11-22-19)23-20(24)15-8-7-13-4-1-2-5-14(13)12-15/h1-12H,(H,23,24). The van der Waals surface area contributed by atoms with Crippen LogP contribution >= 0.6 is 11.6 Å². The third kappa shape index (κ3) is 2.59. The first-order valence-electron chi connectivity index (χ1n) is 7.56. The highest BCUT2D eigenvalue weighted by molar-refractivity contribution is 6.36. The molecule has 0 aliphatic carbocycles. The molecule has 0 saturated heterocycles. The van der Waals surface area contributed by atoms with E-state index in [0.717, 1.165) is 16.2 Å². The fourth-order valence-corrected chi connectivity index (χ4v) is 2.98. The van der Waals surface area contributed by atoms with Gasteiger partial charge in [-0.3, -0.25) is 9.78 Å². The van der Waals surface area contributed by atoms with E-state index in [2.05, 4.69) is 10.3 Å². The van der Waals surface area contributed by atoms with Crippen molar-refractivity contribution in [3.05, 3.63) is 83.5 Å². The summed E-state index contributed by atoms with van der Waals surface area (Å²) in [5.74, 6) is -0.171. The molecular formula is C20H13ClN2O. The molecule has 0 spiro atoms.